The number of nitrogens with one attached hydrogen (secondary N) is 1. The van der Waals surface area contributed by atoms with Crippen molar-refractivity contribution in [2.75, 3.05) is 5.32 Å². The highest BCUT2D eigenvalue weighted by Crippen LogP contribution is 2.33. The van der Waals surface area contributed by atoms with Crippen LogP contribution in [0.3, 0.4) is 0 Å². The highest BCUT2D eigenvalue weighted by molar-refractivity contribution is 7.98. The van der Waals surface area contributed by atoms with Gasteiger partial charge >= 0.3 is 0 Å². The molecule has 1 fully saturated rings. The number of anilines is 1. The summed E-state index contributed by atoms with van der Waals surface area (Å²) in [6.07, 6.45) is 6.11. The maximum Gasteiger partial charge on any atom is 0.276 e. The van der Waals surface area contributed by atoms with E-state index in [9.17, 15) is 4.79 Å². The average Bonchev–Trinajstić information content (AvgIpc) is 3.23. The van der Waals surface area contributed by atoms with E-state index in [1.807, 2.05) is 54.6 Å². The first-order valence-electron chi connectivity index (χ1n) is 9.69. The fourth-order valence-electron chi connectivity index (χ4n) is 3.42. The Morgan fingerprint density at radius 1 is 1.00 bits per heavy atom. The summed E-state index contributed by atoms with van der Waals surface area (Å²) in [7, 11) is 0. The number of carbonyl (C=O) groups excluding carboxylic acids is 1. The van der Waals surface area contributed by atoms with E-state index in [0.29, 0.717) is 16.7 Å². The van der Waals surface area contributed by atoms with Gasteiger partial charge in [0.2, 0.25) is 5.89 Å². The molecule has 2 aromatic carbocycles. The van der Waals surface area contributed by atoms with E-state index in [0.717, 1.165) is 35.7 Å². The van der Waals surface area contributed by atoms with E-state index in [1.165, 1.54) is 31.0 Å². The van der Waals surface area contributed by atoms with Crippen LogP contribution in [0.15, 0.2) is 64.2 Å². The molecule has 1 aliphatic carbocycles. The molecule has 5 nitrogen and oxygen atoms in total. The summed E-state index contributed by atoms with van der Waals surface area (Å²) in [6, 6.07) is 17.1. The first-order chi connectivity index (χ1) is 13.8. The molecule has 144 valence electrons. The lowest BCUT2D eigenvalue weighted by Crippen LogP contribution is -2.11. The van der Waals surface area contributed by atoms with Crippen molar-refractivity contribution in [3.63, 3.8) is 0 Å². The van der Waals surface area contributed by atoms with Crippen LogP contribution in [0.25, 0.3) is 0 Å². The Labute approximate surface area is 168 Å². The van der Waals surface area contributed by atoms with Crippen LogP contribution < -0.4 is 5.32 Å². The van der Waals surface area contributed by atoms with Gasteiger partial charge in [0.1, 0.15) is 0 Å². The standard InChI is InChI=1S/C22H23N3O2S/c26-20(23-19-9-5-2-6-10-19)17-13-11-16(12-14-17)15-28-22-25-24-21(27-22)18-7-3-1-4-8-18/h2,5-6,9-14,18H,1,3-4,7-8,15H2,(H,23,26). The number of aromatic nitrogens is 2. The summed E-state index contributed by atoms with van der Waals surface area (Å²) < 4.78 is 5.85. The summed E-state index contributed by atoms with van der Waals surface area (Å²) in [5.74, 6) is 1.83. The van der Waals surface area contributed by atoms with Crippen LogP contribution in [-0.2, 0) is 5.75 Å². The van der Waals surface area contributed by atoms with E-state index in [-0.39, 0.29) is 5.91 Å². The highest BCUT2D eigenvalue weighted by Gasteiger charge is 2.21. The van der Waals surface area contributed by atoms with Gasteiger partial charge in [-0.15, -0.1) is 10.2 Å². The van der Waals surface area contributed by atoms with Gasteiger partial charge in [-0.2, -0.15) is 0 Å². The molecule has 0 spiro atoms. The molecule has 0 atom stereocenters. The molecule has 1 amide bonds. The molecule has 28 heavy (non-hydrogen) atoms. The minimum Gasteiger partial charge on any atom is -0.416 e. The fourth-order valence-corrected chi connectivity index (χ4v) is 4.14. The number of rotatable bonds is 6. The zero-order valence-corrected chi connectivity index (χ0v) is 16.5. The van der Waals surface area contributed by atoms with Crippen LogP contribution in [0.4, 0.5) is 5.69 Å². The number of amides is 1. The summed E-state index contributed by atoms with van der Waals surface area (Å²) in [5.41, 5.74) is 2.53. The van der Waals surface area contributed by atoms with Crippen molar-refractivity contribution in [3.8, 4) is 0 Å². The second kappa shape index (κ2) is 9.06. The maximum absolute atomic E-state index is 12.3. The van der Waals surface area contributed by atoms with Gasteiger partial charge in [0.05, 0.1) is 0 Å². The van der Waals surface area contributed by atoms with E-state index < -0.39 is 0 Å². The number of benzene rings is 2. The molecular formula is C22H23N3O2S. The predicted octanol–water partition coefficient (Wildman–Crippen LogP) is 5.66. The van der Waals surface area contributed by atoms with Crippen molar-refractivity contribution >= 4 is 23.4 Å². The Morgan fingerprint density at radius 2 is 1.75 bits per heavy atom. The number of para-hydroxylation sites is 1. The molecule has 3 aromatic rings. The van der Waals surface area contributed by atoms with Crippen molar-refractivity contribution in [2.24, 2.45) is 0 Å². The first-order valence-corrected chi connectivity index (χ1v) is 10.7. The van der Waals surface area contributed by atoms with Crippen LogP contribution in [0.2, 0.25) is 0 Å². The van der Waals surface area contributed by atoms with E-state index in [2.05, 4.69) is 15.5 Å². The number of nitrogens with zero attached hydrogens (tertiary/aromatic N) is 2. The Balaban J connectivity index is 1.31. The molecule has 1 N–H and O–H groups in total. The Hall–Kier alpha value is -2.60. The second-order valence-corrected chi connectivity index (χ2v) is 7.97. The van der Waals surface area contributed by atoms with Gasteiger partial charge in [0.25, 0.3) is 11.1 Å². The Bertz CT molecular complexity index is 903. The molecule has 6 heteroatoms. The summed E-state index contributed by atoms with van der Waals surface area (Å²) in [5, 5.41) is 11.9. The van der Waals surface area contributed by atoms with E-state index in [1.54, 1.807) is 0 Å². The molecule has 1 aliphatic rings. The van der Waals surface area contributed by atoms with E-state index >= 15 is 0 Å². The third-order valence-corrected chi connectivity index (χ3v) is 5.88. The van der Waals surface area contributed by atoms with E-state index in [4.69, 9.17) is 4.42 Å². The lowest BCUT2D eigenvalue weighted by Gasteiger charge is -2.17. The molecule has 0 aliphatic heterocycles. The molecular weight excluding hydrogens is 370 g/mol. The maximum atomic E-state index is 12.3. The lowest BCUT2D eigenvalue weighted by atomic mass is 9.89. The highest BCUT2D eigenvalue weighted by atomic mass is 32.2. The van der Waals surface area contributed by atoms with Crippen LogP contribution in [0, 0.1) is 0 Å². The molecule has 0 unspecified atom stereocenters. The number of carbonyl (C=O) groups is 1. The molecule has 1 saturated carbocycles. The van der Waals surface area contributed by atoms with Crippen molar-refractivity contribution in [2.45, 2.75) is 49.0 Å². The van der Waals surface area contributed by atoms with Gasteiger partial charge in [-0.05, 0) is 42.7 Å². The van der Waals surface area contributed by atoms with Gasteiger partial charge in [0, 0.05) is 22.9 Å². The third-order valence-electron chi connectivity index (χ3n) is 4.99. The normalized spacial score (nSPS) is 14.7. The smallest absolute Gasteiger partial charge is 0.276 e. The topological polar surface area (TPSA) is 68.0 Å². The van der Waals surface area contributed by atoms with Gasteiger partial charge in [-0.3, -0.25) is 4.79 Å². The SMILES string of the molecule is O=C(Nc1ccccc1)c1ccc(CSc2nnc(C3CCCCC3)o2)cc1. The third kappa shape index (κ3) is 4.81. The average molecular weight is 394 g/mol. The quantitative estimate of drug-likeness (QED) is 0.547. The van der Waals surface area contributed by atoms with Crippen molar-refractivity contribution < 1.29 is 9.21 Å². The first kappa shape index (κ1) is 18.7. The monoisotopic (exact) mass is 393 g/mol. The van der Waals surface area contributed by atoms with Crippen molar-refractivity contribution in [1.82, 2.24) is 10.2 Å². The predicted molar refractivity (Wildman–Crippen MR) is 111 cm³/mol. The minimum atomic E-state index is -0.112. The largest absolute Gasteiger partial charge is 0.416 e. The summed E-state index contributed by atoms with van der Waals surface area (Å²) in [4.78, 5) is 12.3. The fraction of sp³-hybridized carbons (Fsp3) is 0.318. The number of hydrogen-bond acceptors (Lipinski definition) is 5. The summed E-state index contributed by atoms with van der Waals surface area (Å²) in [6.45, 7) is 0. The van der Waals surface area contributed by atoms with Gasteiger partial charge in [0.15, 0.2) is 0 Å². The zero-order chi connectivity index (χ0) is 19.2. The van der Waals surface area contributed by atoms with Crippen LogP contribution in [-0.4, -0.2) is 16.1 Å². The van der Waals surface area contributed by atoms with Crippen molar-refractivity contribution in [1.29, 1.82) is 0 Å². The lowest BCUT2D eigenvalue weighted by molar-refractivity contribution is 0.102. The zero-order valence-electron chi connectivity index (χ0n) is 15.6. The molecule has 1 heterocycles. The second-order valence-electron chi connectivity index (χ2n) is 7.05. The molecule has 0 bridgehead atoms. The molecule has 0 saturated heterocycles. The Morgan fingerprint density at radius 3 is 2.50 bits per heavy atom. The summed E-state index contributed by atoms with van der Waals surface area (Å²) >= 11 is 1.53. The molecule has 1 aromatic heterocycles. The van der Waals surface area contributed by atoms with Crippen molar-refractivity contribution in [3.05, 3.63) is 71.6 Å². The molecule has 0 radical (unpaired) electrons. The van der Waals surface area contributed by atoms with Gasteiger partial charge < -0.3 is 9.73 Å². The van der Waals surface area contributed by atoms with Crippen LogP contribution in [0.5, 0.6) is 0 Å². The minimum absolute atomic E-state index is 0.112. The number of hydrogen-bond donors (Lipinski definition) is 1. The molecule has 4 rings (SSSR count). The van der Waals surface area contributed by atoms with Gasteiger partial charge in [-0.25, -0.2) is 0 Å². The van der Waals surface area contributed by atoms with Crippen LogP contribution >= 0.6 is 11.8 Å². The Kier molecular flexibility index (Phi) is 6.07. The van der Waals surface area contributed by atoms with Crippen LogP contribution in [0.1, 0.15) is 59.8 Å². The van der Waals surface area contributed by atoms with Gasteiger partial charge in [-0.1, -0.05) is 61.4 Å². The number of thioether (sulfide) groups is 1.